The number of rotatable bonds is 8. The van der Waals surface area contributed by atoms with Crippen LogP contribution in [0.2, 0.25) is 0 Å². The molecule has 2 aromatic rings. The normalized spacial score (nSPS) is 12.2. The Bertz CT molecular complexity index is 970. The highest BCUT2D eigenvalue weighted by Gasteiger charge is 2.41. The molecule has 0 spiro atoms. The van der Waals surface area contributed by atoms with Gasteiger partial charge in [-0.25, -0.2) is 9.48 Å². The number of methoxy groups -OCH3 is 1. The molecule has 174 valence electrons. The maximum atomic E-state index is 13.6. The molecular formula is C21H24F3N3O5. The van der Waals surface area contributed by atoms with Gasteiger partial charge in [0, 0.05) is 18.7 Å². The van der Waals surface area contributed by atoms with E-state index in [4.69, 9.17) is 0 Å². The first-order chi connectivity index (χ1) is 15.0. The lowest BCUT2D eigenvalue weighted by Gasteiger charge is -2.23. The van der Waals surface area contributed by atoms with Crippen LogP contribution in [0.5, 0.6) is 0 Å². The van der Waals surface area contributed by atoms with Crippen molar-refractivity contribution in [3.05, 3.63) is 47.3 Å². The molecule has 1 amide bonds. The van der Waals surface area contributed by atoms with E-state index in [9.17, 15) is 27.6 Å². The molecule has 0 N–H and O–H groups in total. The average molecular weight is 455 g/mol. The lowest BCUT2D eigenvalue weighted by atomic mass is 10.1. The summed E-state index contributed by atoms with van der Waals surface area (Å²) in [7, 11) is 1.26. The first-order valence-electron chi connectivity index (χ1n) is 9.84. The van der Waals surface area contributed by atoms with E-state index in [-0.39, 0.29) is 24.4 Å². The van der Waals surface area contributed by atoms with E-state index < -0.39 is 41.2 Å². The molecule has 1 aromatic heterocycles. The molecule has 1 aromatic carbocycles. The van der Waals surface area contributed by atoms with Crippen LogP contribution in [-0.2, 0) is 20.4 Å². The van der Waals surface area contributed by atoms with E-state index in [0.717, 1.165) is 6.20 Å². The number of carbonyl (C=O) groups is 3. The molecule has 0 aliphatic carbocycles. The Balaban J connectivity index is 2.33. The topological polar surface area (TPSA) is 90.7 Å². The Labute approximate surface area is 182 Å². The number of carbonyl (C=O) groups excluding carboxylic acids is 3. The number of benzene rings is 1. The number of amides is 1. The van der Waals surface area contributed by atoms with Gasteiger partial charge in [0.1, 0.15) is 5.56 Å². The first kappa shape index (κ1) is 24.9. The summed E-state index contributed by atoms with van der Waals surface area (Å²) in [6.45, 7) is 5.22. The van der Waals surface area contributed by atoms with E-state index in [1.54, 1.807) is 13.8 Å². The van der Waals surface area contributed by atoms with Crippen LogP contribution >= 0.6 is 0 Å². The highest BCUT2D eigenvalue weighted by Crippen LogP contribution is 2.34. The number of esters is 2. The van der Waals surface area contributed by atoms with Gasteiger partial charge in [-0.3, -0.25) is 9.59 Å². The molecule has 11 heteroatoms. The fourth-order valence-electron chi connectivity index (χ4n) is 3.06. The van der Waals surface area contributed by atoms with Gasteiger partial charge >= 0.3 is 18.1 Å². The third-order valence-corrected chi connectivity index (χ3v) is 4.66. The quantitative estimate of drug-likeness (QED) is 0.567. The molecule has 0 aliphatic heterocycles. The van der Waals surface area contributed by atoms with Gasteiger partial charge in [0.05, 0.1) is 31.5 Å². The van der Waals surface area contributed by atoms with Crippen molar-refractivity contribution in [3.8, 4) is 5.69 Å². The van der Waals surface area contributed by atoms with Crippen LogP contribution in [-0.4, -0.2) is 59.3 Å². The van der Waals surface area contributed by atoms with Gasteiger partial charge in [0.15, 0.2) is 5.69 Å². The highest BCUT2D eigenvalue weighted by atomic mass is 19.4. The van der Waals surface area contributed by atoms with Crippen molar-refractivity contribution in [1.29, 1.82) is 0 Å². The summed E-state index contributed by atoms with van der Waals surface area (Å²) in [4.78, 5) is 37.7. The van der Waals surface area contributed by atoms with Gasteiger partial charge in [-0.15, -0.1) is 0 Å². The summed E-state index contributed by atoms with van der Waals surface area (Å²) in [5.41, 5.74) is -1.74. The third kappa shape index (κ3) is 5.45. The predicted molar refractivity (Wildman–Crippen MR) is 107 cm³/mol. The van der Waals surface area contributed by atoms with Gasteiger partial charge in [-0.1, -0.05) is 6.92 Å². The largest absolute Gasteiger partial charge is 0.469 e. The zero-order chi connectivity index (χ0) is 24.1. The summed E-state index contributed by atoms with van der Waals surface area (Å²) >= 11 is 0. The number of hydrogen-bond donors (Lipinski definition) is 0. The molecule has 1 atom stereocenters. The molecule has 0 fully saturated rings. The van der Waals surface area contributed by atoms with Gasteiger partial charge in [-0.2, -0.15) is 18.3 Å². The SMILES string of the molecule is CCOC(=O)c1cnn(-c2ccc(C(=O)N(CC)CC(C)C(=O)OC)cc2)c1C(F)(F)F. The van der Waals surface area contributed by atoms with E-state index in [1.165, 1.54) is 43.2 Å². The maximum absolute atomic E-state index is 13.6. The van der Waals surface area contributed by atoms with Crippen molar-refractivity contribution in [3.63, 3.8) is 0 Å². The molecule has 1 unspecified atom stereocenters. The Morgan fingerprint density at radius 3 is 2.28 bits per heavy atom. The Hall–Kier alpha value is -3.37. The molecule has 32 heavy (non-hydrogen) atoms. The van der Waals surface area contributed by atoms with Crippen molar-refractivity contribution in [2.45, 2.75) is 26.9 Å². The fourth-order valence-corrected chi connectivity index (χ4v) is 3.06. The smallest absolute Gasteiger partial charge is 0.434 e. The minimum Gasteiger partial charge on any atom is -0.469 e. The molecule has 0 radical (unpaired) electrons. The standard InChI is InChI=1S/C21H24F3N3O5/c1-5-26(12-13(3)19(29)31-4)18(28)14-7-9-15(10-8-14)27-17(21(22,23)24)16(11-25-27)20(30)32-6-2/h7-11,13H,5-6,12H2,1-4H3. The lowest BCUT2D eigenvalue weighted by Crippen LogP contribution is -2.37. The zero-order valence-electron chi connectivity index (χ0n) is 18.1. The van der Waals surface area contributed by atoms with Crippen molar-refractivity contribution in [2.75, 3.05) is 26.8 Å². The van der Waals surface area contributed by atoms with Crippen LogP contribution < -0.4 is 0 Å². The monoisotopic (exact) mass is 455 g/mol. The number of ether oxygens (including phenoxy) is 2. The summed E-state index contributed by atoms with van der Waals surface area (Å²) < 4.78 is 50.8. The summed E-state index contributed by atoms with van der Waals surface area (Å²) in [6, 6.07) is 5.30. The van der Waals surface area contributed by atoms with Crippen molar-refractivity contribution in [1.82, 2.24) is 14.7 Å². The van der Waals surface area contributed by atoms with Crippen LogP contribution in [0.25, 0.3) is 5.69 Å². The van der Waals surface area contributed by atoms with E-state index in [1.807, 2.05) is 0 Å². The van der Waals surface area contributed by atoms with Crippen LogP contribution in [0, 0.1) is 5.92 Å². The molecule has 2 rings (SSSR count). The van der Waals surface area contributed by atoms with E-state index in [2.05, 4.69) is 14.6 Å². The van der Waals surface area contributed by atoms with Crippen molar-refractivity contribution in [2.24, 2.45) is 5.92 Å². The Morgan fingerprint density at radius 1 is 1.16 bits per heavy atom. The molecule has 0 aliphatic rings. The van der Waals surface area contributed by atoms with Gasteiger partial charge in [0.2, 0.25) is 0 Å². The van der Waals surface area contributed by atoms with Crippen LogP contribution in [0.1, 0.15) is 47.2 Å². The number of nitrogens with zero attached hydrogens (tertiary/aromatic N) is 3. The Morgan fingerprint density at radius 2 is 1.78 bits per heavy atom. The summed E-state index contributed by atoms with van der Waals surface area (Å²) in [5.74, 6) is -2.51. The number of halogens is 3. The third-order valence-electron chi connectivity index (χ3n) is 4.66. The fraction of sp³-hybridized carbons (Fsp3) is 0.429. The summed E-state index contributed by atoms with van der Waals surface area (Å²) in [6.07, 6.45) is -4.07. The minimum absolute atomic E-state index is 0.00963. The number of aromatic nitrogens is 2. The van der Waals surface area contributed by atoms with Gasteiger partial charge < -0.3 is 14.4 Å². The summed E-state index contributed by atoms with van der Waals surface area (Å²) in [5, 5.41) is 3.70. The second-order valence-electron chi connectivity index (χ2n) is 6.85. The lowest BCUT2D eigenvalue weighted by molar-refractivity contribution is -0.145. The van der Waals surface area contributed by atoms with Crippen molar-refractivity contribution >= 4 is 17.8 Å². The highest BCUT2D eigenvalue weighted by molar-refractivity contribution is 5.94. The maximum Gasteiger partial charge on any atom is 0.434 e. The second-order valence-corrected chi connectivity index (χ2v) is 6.85. The molecule has 0 saturated carbocycles. The van der Waals surface area contributed by atoms with Crippen LogP contribution in [0.3, 0.4) is 0 Å². The molecule has 1 heterocycles. The van der Waals surface area contributed by atoms with Crippen LogP contribution in [0.15, 0.2) is 30.5 Å². The second kappa shape index (κ2) is 10.3. The van der Waals surface area contributed by atoms with E-state index >= 15 is 0 Å². The zero-order valence-corrected chi connectivity index (χ0v) is 18.1. The molecule has 0 bridgehead atoms. The van der Waals surface area contributed by atoms with Crippen molar-refractivity contribution < 1.29 is 37.0 Å². The van der Waals surface area contributed by atoms with E-state index in [0.29, 0.717) is 11.2 Å². The number of alkyl halides is 3. The Kier molecular flexibility index (Phi) is 8.01. The molecule has 0 saturated heterocycles. The van der Waals surface area contributed by atoms with Gasteiger partial charge in [-0.05, 0) is 38.1 Å². The number of hydrogen-bond acceptors (Lipinski definition) is 6. The molecule has 8 nitrogen and oxygen atoms in total. The first-order valence-corrected chi connectivity index (χ1v) is 9.84. The van der Waals surface area contributed by atoms with Crippen LogP contribution in [0.4, 0.5) is 13.2 Å². The average Bonchev–Trinajstić information content (AvgIpc) is 3.22. The predicted octanol–water partition coefficient (Wildman–Crippen LogP) is 3.34. The molecular weight excluding hydrogens is 431 g/mol. The van der Waals surface area contributed by atoms with Gasteiger partial charge in [0.25, 0.3) is 5.91 Å². The minimum atomic E-state index is -4.86.